The molecule has 0 amide bonds. The average molecular weight is 330 g/mol. The number of hydrogen-bond acceptors (Lipinski definition) is 3. The topological polar surface area (TPSA) is 44.5 Å². The normalized spacial score (nSPS) is 14.2. The van der Waals surface area contributed by atoms with Crippen LogP contribution in [0.4, 0.5) is 0 Å². The maximum Gasteiger partial charge on any atom is 0.122 e. The predicted molar refractivity (Wildman–Crippen MR) is 82.7 cm³/mol. The highest BCUT2D eigenvalue weighted by Gasteiger charge is 2.19. The Morgan fingerprint density at radius 3 is 2.63 bits per heavy atom. The van der Waals surface area contributed by atoms with Crippen LogP contribution in [-0.4, -0.2) is 25.9 Å². The van der Waals surface area contributed by atoms with Crippen molar-refractivity contribution in [2.24, 2.45) is 5.73 Å². The highest BCUT2D eigenvalue weighted by atomic mass is 79.9. The van der Waals surface area contributed by atoms with Crippen LogP contribution in [0.15, 0.2) is 22.7 Å². The highest BCUT2D eigenvalue weighted by molar-refractivity contribution is 9.10. The lowest BCUT2D eigenvalue weighted by Gasteiger charge is -2.24. The van der Waals surface area contributed by atoms with E-state index in [4.69, 9.17) is 15.2 Å². The smallest absolute Gasteiger partial charge is 0.122 e. The van der Waals surface area contributed by atoms with Gasteiger partial charge >= 0.3 is 0 Å². The minimum Gasteiger partial charge on any atom is -0.496 e. The summed E-state index contributed by atoms with van der Waals surface area (Å²) >= 11 is 3.49. The van der Waals surface area contributed by atoms with Crippen LogP contribution in [-0.2, 0) is 11.2 Å². The maximum atomic E-state index is 6.30. The van der Waals surface area contributed by atoms with E-state index < -0.39 is 0 Å². The number of ether oxygens (including phenoxy) is 2. The molecule has 0 heterocycles. The Kier molecular flexibility index (Phi) is 7.42. The third-order valence-electron chi connectivity index (χ3n) is 3.13. The molecular formula is C15H24BrNO2. The van der Waals surface area contributed by atoms with E-state index in [9.17, 15) is 0 Å². The van der Waals surface area contributed by atoms with Gasteiger partial charge in [-0.05, 0) is 43.5 Å². The second-order valence-electron chi connectivity index (χ2n) is 4.61. The van der Waals surface area contributed by atoms with Crippen molar-refractivity contribution >= 4 is 15.9 Å². The van der Waals surface area contributed by atoms with Gasteiger partial charge in [-0.1, -0.05) is 29.3 Å². The van der Waals surface area contributed by atoms with Crippen molar-refractivity contribution in [3.8, 4) is 5.75 Å². The molecule has 108 valence electrons. The molecule has 19 heavy (non-hydrogen) atoms. The van der Waals surface area contributed by atoms with Gasteiger partial charge in [-0.25, -0.2) is 0 Å². The number of benzene rings is 1. The fraction of sp³-hybridized carbons (Fsp3) is 0.600. The summed E-state index contributed by atoms with van der Waals surface area (Å²) in [7, 11) is 1.68. The zero-order chi connectivity index (χ0) is 14.3. The van der Waals surface area contributed by atoms with Gasteiger partial charge in [0.2, 0.25) is 0 Å². The summed E-state index contributed by atoms with van der Waals surface area (Å²) in [6, 6.07) is 5.98. The molecule has 2 unspecified atom stereocenters. The molecule has 0 aliphatic rings. The standard InChI is InChI=1S/C15H24BrNO2/c1-4-6-15(19-5-2)13(17)10-11-9-12(16)7-8-14(11)18-3/h7-9,13,15H,4-6,10,17H2,1-3H3. The lowest BCUT2D eigenvalue weighted by molar-refractivity contribution is 0.0377. The van der Waals surface area contributed by atoms with Crippen LogP contribution in [0.1, 0.15) is 32.3 Å². The van der Waals surface area contributed by atoms with Gasteiger partial charge in [0.25, 0.3) is 0 Å². The lowest BCUT2D eigenvalue weighted by atomic mass is 9.98. The quantitative estimate of drug-likeness (QED) is 0.793. The number of halogens is 1. The fourth-order valence-electron chi connectivity index (χ4n) is 2.21. The molecule has 0 aromatic heterocycles. The third-order valence-corrected chi connectivity index (χ3v) is 3.62. The minimum absolute atomic E-state index is 0.0110. The molecular weight excluding hydrogens is 306 g/mol. The zero-order valence-electron chi connectivity index (χ0n) is 12.0. The molecule has 1 rings (SSSR count). The van der Waals surface area contributed by atoms with Gasteiger partial charge in [0, 0.05) is 17.1 Å². The summed E-state index contributed by atoms with van der Waals surface area (Å²) in [6.07, 6.45) is 2.94. The molecule has 2 atom stereocenters. The van der Waals surface area contributed by atoms with E-state index in [0.29, 0.717) is 6.61 Å². The molecule has 1 aromatic rings. The fourth-order valence-corrected chi connectivity index (χ4v) is 2.62. The Labute approximate surface area is 124 Å². The number of rotatable bonds is 8. The van der Waals surface area contributed by atoms with E-state index >= 15 is 0 Å². The van der Waals surface area contributed by atoms with Gasteiger partial charge in [-0.2, -0.15) is 0 Å². The van der Waals surface area contributed by atoms with Crippen molar-refractivity contribution in [2.45, 2.75) is 45.3 Å². The SMILES string of the molecule is CCCC(OCC)C(N)Cc1cc(Br)ccc1OC. The van der Waals surface area contributed by atoms with Crippen molar-refractivity contribution in [3.63, 3.8) is 0 Å². The molecule has 0 aliphatic carbocycles. The van der Waals surface area contributed by atoms with Crippen LogP contribution in [0.25, 0.3) is 0 Å². The van der Waals surface area contributed by atoms with Crippen molar-refractivity contribution in [1.82, 2.24) is 0 Å². The molecule has 0 saturated carbocycles. The highest BCUT2D eigenvalue weighted by Crippen LogP contribution is 2.25. The molecule has 0 spiro atoms. The Morgan fingerprint density at radius 2 is 2.05 bits per heavy atom. The van der Waals surface area contributed by atoms with Crippen LogP contribution in [0, 0.1) is 0 Å². The predicted octanol–water partition coefficient (Wildman–Crippen LogP) is 3.53. The monoisotopic (exact) mass is 329 g/mol. The van der Waals surface area contributed by atoms with Gasteiger partial charge in [-0.3, -0.25) is 0 Å². The van der Waals surface area contributed by atoms with Crippen LogP contribution < -0.4 is 10.5 Å². The minimum atomic E-state index is -0.0110. The molecule has 2 N–H and O–H groups in total. The number of hydrogen-bond donors (Lipinski definition) is 1. The summed E-state index contributed by atoms with van der Waals surface area (Å²) in [5, 5.41) is 0. The number of methoxy groups -OCH3 is 1. The maximum absolute atomic E-state index is 6.30. The summed E-state index contributed by atoms with van der Waals surface area (Å²) < 4.78 is 12.2. The lowest BCUT2D eigenvalue weighted by Crippen LogP contribution is -2.38. The first-order chi connectivity index (χ1) is 9.12. The summed E-state index contributed by atoms with van der Waals surface area (Å²) in [5.74, 6) is 0.880. The van der Waals surface area contributed by atoms with E-state index in [1.807, 2.05) is 19.1 Å². The Bertz CT molecular complexity index is 378. The van der Waals surface area contributed by atoms with E-state index in [1.54, 1.807) is 7.11 Å². The van der Waals surface area contributed by atoms with Crippen LogP contribution >= 0.6 is 15.9 Å². The largest absolute Gasteiger partial charge is 0.496 e. The summed E-state index contributed by atoms with van der Waals surface area (Å²) in [4.78, 5) is 0. The molecule has 0 saturated heterocycles. The Morgan fingerprint density at radius 1 is 1.32 bits per heavy atom. The molecule has 0 fully saturated rings. The second-order valence-corrected chi connectivity index (χ2v) is 5.52. The van der Waals surface area contributed by atoms with Gasteiger partial charge in [0.1, 0.15) is 5.75 Å². The summed E-state index contributed by atoms with van der Waals surface area (Å²) in [6.45, 7) is 4.86. The first-order valence-corrected chi connectivity index (χ1v) is 7.61. The summed E-state index contributed by atoms with van der Waals surface area (Å²) in [5.41, 5.74) is 7.42. The van der Waals surface area contributed by atoms with Crippen molar-refractivity contribution in [1.29, 1.82) is 0 Å². The average Bonchev–Trinajstić information content (AvgIpc) is 2.38. The molecule has 0 radical (unpaired) electrons. The second kappa shape index (κ2) is 8.56. The van der Waals surface area contributed by atoms with Crippen LogP contribution in [0.3, 0.4) is 0 Å². The van der Waals surface area contributed by atoms with E-state index in [2.05, 4.69) is 28.9 Å². The molecule has 3 nitrogen and oxygen atoms in total. The first-order valence-electron chi connectivity index (χ1n) is 6.81. The van der Waals surface area contributed by atoms with E-state index in [-0.39, 0.29) is 12.1 Å². The van der Waals surface area contributed by atoms with Gasteiger partial charge in [0.05, 0.1) is 13.2 Å². The van der Waals surface area contributed by atoms with Gasteiger partial charge in [-0.15, -0.1) is 0 Å². The molecule has 1 aromatic carbocycles. The van der Waals surface area contributed by atoms with E-state index in [1.165, 1.54) is 0 Å². The Hall–Kier alpha value is -0.580. The number of nitrogens with two attached hydrogens (primary N) is 1. The molecule has 0 aliphatic heterocycles. The molecule has 4 heteroatoms. The van der Waals surface area contributed by atoms with Crippen LogP contribution in [0.5, 0.6) is 5.75 Å². The van der Waals surface area contributed by atoms with Crippen molar-refractivity contribution in [2.75, 3.05) is 13.7 Å². The van der Waals surface area contributed by atoms with Crippen molar-refractivity contribution < 1.29 is 9.47 Å². The first kappa shape index (κ1) is 16.5. The van der Waals surface area contributed by atoms with Crippen molar-refractivity contribution in [3.05, 3.63) is 28.2 Å². The third kappa shape index (κ3) is 5.13. The van der Waals surface area contributed by atoms with Gasteiger partial charge in [0.15, 0.2) is 0 Å². The Balaban J connectivity index is 2.78. The van der Waals surface area contributed by atoms with Gasteiger partial charge < -0.3 is 15.2 Å². The molecule has 0 bridgehead atoms. The van der Waals surface area contributed by atoms with Crippen LogP contribution in [0.2, 0.25) is 0 Å². The van der Waals surface area contributed by atoms with E-state index in [0.717, 1.165) is 35.0 Å². The zero-order valence-corrected chi connectivity index (χ0v) is 13.6.